The Morgan fingerprint density at radius 2 is 0.787 bits per heavy atom. The topological polar surface area (TPSA) is 310 Å². The molecule has 27 heteroatoms. The lowest BCUT2D eigenvalue weighted by molar-refractivity contribution is 0.561. The number of fused-ring (bicyclic) bond motifs is 2. The number of hydrogen-bond acceptors (Lipinski definition) is 21. The van der Waals surface area contributed by atoms with E-state index in [1.165, 1.54) is 33.9 Å². The van der Waals surface area contributed by atoms with Crippen LogP contribution < -0.4 is 0 Å². The van der Waals surface area contributed by atoms with Crippen molar-refractivity contribution in [3.8, 4) is 0 Å². The number of aromatic amines is 2. The number of aromatic nitrogens is 11. The second kappa shape index (κ2) is 31.2. The molecule has 11 aromatic rings. The van der Waals surface area contributed by atoms with Crippen LogP contribution in [-0.2, 0) is 68.8 Å². The standard InChI is InChI=1S/2C11H13N3O2S.2C11H12N2O2S2.C9H9N.C8H7NO.CH4/c2*1-8-3-5-10(6-4-8)17(15,16)7-11-12-9(2)13-14-11;2*1-8-3-5-10(6-4-8)17(14,15)7-11-13-12-9(2)16-11;1-7-6-8-4-2-3-5-9(8)10-7;1-6-9-7-4-2-3-5-8(7)10-6;/h2*3-6H,7H2,1-2H3,(H,12,13,14);2*3-6H,7H2,1-2H3;2-5H,6H2,1H3;2-5H,1H3;1H4. The monoisotopic (exact) mass is 1320 g/mol. The smallest absolute Gasteiger partial charge is 0.192 e. The van der Waals surface area contributed by atoms with Crippen LogP contribution in [0.1, 0.15) is 91.4 Å². The van der Waals surface area contributed by atoms with Gasteiger partial charge in [-0.25, -0.2) is 48.6 Å². The Kier molecular flexibility index (Phi) is 24.5. The summed E-state index contributed by atoms with van der Waals surface area (Å²) < 4.78 is 102. The Morgan fingerprint density at radius 1 is 0.427 bits per heavy atom. The van der Waals surface area contributed by atoms with Gasteiger partial charge in [0.25, 0.3) is 0 Å². The average Bonchev–Trinajstić information content (AvgIpc) is 3.61. The third-order valence-corrected chi connectivity index (χ3v) is 20.9. The van der Waals surface area contributed by atoms with Crippen molar-refractivity contribution >= 4 is 84.5 Å². The molecule has 0 saturated heterocycles. The van der Waals surface area contributed by atoms with Gasteiger partial charge in [0.2, 0.25) is 0 Å². The Balaban J connectivity index is 0.000000172. The summed E-state index contributed by atoms with van der Waals surface area (Å²) in [4.78, 5) is 17.8. The highest BCUT2D eigenvalue weighted by atomic mass is 32.2. The Labute approximate surface area is 528 Å². The number of oxazole rings is 1. The van der Waals surface area contributed by atoms with Gasteiger partial charge in [0.15, 0.2) is 62.5 Å². The number of sulfone groups is 4. The van der Waals surface area contributed by atoms with Crippen LogP contribution in [0.25, 0.3) is 11.1 Å². The van der Waals surface area contributed by atoms with E-state index in [1.807, 2.05) is 65.0 Å². The number of aryl methyl sites for hydroxylation is 9. The average molecular weight is 1320 g/mol. The molecule has 0 bridgehead atoms. The summed E-state index contributed by atoms with van der Waals surface area (Å²) in [5.74, 6) is 2.01. The van der Waals surface area contributed by atoms with Crippen molar-refractivity contribution in [2.75, 3.05) is 0 Å². The van der Waals surface area contributed by atoms with Crippen molar-refractivity contribution in [1.29, 1.82) is 0 Å². The molecular weight excluding hydrogens is 1250 g/mol. The third-order valence-electron chi connectivity index (χ3n) is 12.4. The van der Waals surface area contributed by atoms with Gasteiger partial charge >= 0.3 is 0 Å². The van der Waals surface area contributed by atoms with Crippen molar-refractivity contribution in [1.82, 2.24) is 55.7 Å². The van der Waals surface area contributed by atoms with Crippen LogP contribution in [0, 0.1) is 62.3 Å². The molecule has 0 amide bonds. The van der Waals surface area contributed by atoms with Crippen molar-refractivity contribution in [3.05, 3.63) is 223 Å². The molecule has 5 aromatic heterocycles. The molecule has 1 aliphatic rings. The van der Waals surface area contributed by atoms with Crippen LogP contribution in [0.4, 0.5) is 5.69 Å². The number of aliphatic imine (C=N–C) groups is 1. The fourth-order valence-corrected chi connectivity index (χ4v) is 14.9. The lowest BCUT2D eigenvalue weighted by Gasteiger charge is -2.02. The van der Waals surface area contributed by atoms with Gasteiger partial charge in [-0.3, -0.25) is 15.2 Å². The van der Waals surface area contributed by atoms with E-state index in [4.69, 9.17) is 4.42 Å². The molecule has 1 aliphatic heterocycles. The summed E-state index contributed by atoms with van der Waals surface area (Å²) in [6.45, 7) is 18.7. The van der Waals surface area contributed by atoms with Crippen molar-refractivity contribution in [2.24, 2.45) is 4.99 Å². The van der Waals surface area contributed by atoms with Crippen LogP contribution in [0.5, 0.6) is 0 Å². The maximum atomic E-state index is 12.1. The third kappa shape index (κ3) is 21.4. The minimum atomic E-state index is -3.36. The van der Waals surface area contributed by atoms with E-state index in [2.05, 4.69) is 85.9 Å². The van der Waals surface area contributed by atoms with Gasteiger partial charge in [-0.2, -0.15) is 10.2 Å². The first kappa shape index (κ1) is 69.8. The normalized spacial score (nSPS) is 11.7. The molecule has 0 atom stereocenters. The van der Waals surface area contributed by atoms with E-state index in [0.717, 1.165) is 61.4 Å². The van der Waals surface area contributed by atoms with Gasteiger partial charge in [-0.15, -0.1) is 43.1 Å². The maximum absolute atomic E-state index is 12.1. The van der Waals surface area contributed by atoms with Crippen LogP contribution in [0.2, 0.25) is 0 Å². The number of nitrogens with one attached hydrogen (secondary N) is 2. The molecule has 0 radical (unpaired) electrons. The summed E-state index contributed by atoms with van der Waals surface area (Å²) in [5, 5.41) is 30.8. The van der Waals surface area contributed by atoms with E-state index in [1.54, 1.807) is 125 Å². The van der Waals surface area contributed by atoms with Gasteiger partial charge < -0.3 is 4.42 Å². The summed E-state index contributed by atoms with van der Waals surface area (Å²) in [7, 11) is -13.3. The SMILES string of the molecule is C.CC1=Nc2ccccc2C1.Cc1ccc(S(=O)(=O)Cc2n[nH]c(C)n2)cc1.Cc1ccc(S(=O)(=O)Cc2n[nH]c(C)n2)cc1.Cc1ccc(S(=O)(=O)Cc2nnc(C)s2)cc1.Cc1ccc(S(=O)(=O)Cc2nnc(C)s2)cc1.Cc1nc2ccccc2o1. The number of para-hydroxylation sites is 3. The second-order valence-electron chi connectivity index (χ2n) is 20.2. The largest absolute Gasteiger partial charge is 0.441 e. The molecule has 6 heterocycles. The molecule has 0 unspecified atom stereocenters. The first-order chi connectivity index (χ1) is 41.6. The molecule has 0 aliphatic carbocycles. The van der Waals surface area contributed by atoms with E-state index < -0.39 is 39.3 Å². The summed E-state index contributed by atoms with van der Waals surface area (Å²) in [6.07, 6.45) is 1.04. The predicted octanol–water partition coefficient (Wildman–Crippen LogP) is 12.2. The highest BCUT2D eigenvalue weighted by Crippen LogP contribution is 2.26. The highest BCUT2D eigenvalue weighted by molar-refractivity contribution is 7.91. The number of rotatable bonds is 12. The zero-order valence-electron chi connectivity index (χ0n) is 50.0. The first-order valence-electron chi connectivity index (χ1n) is 27.1. The van der Waals surface area contributed by atoms with Crippen molar-refractivity contribution in [3.63, 3.8) is 0 Å². The molecule has 0 saturated carbocycles. The summed E-state index contributed by atoms with van der Waals surface area (Å²) >= 11 is 2.62. The van der Waals surface area contributed by atoms with Crippen LogP contribution in [-0.4, -0.2) is 95.1 Å². The van der Waals surface area contributed by atoms with Crippen LogP contribution in [0.15, 0.2) is 175 Å². The molecule has 0 fully saturated rings. The maximum Gasteiger partial charge on any atom is 0.192 e. The number of nitrogens with zero attached hydrogens (tertiary/aromatic N) is 10. The molecule has 2 N–H and O–H groups in total. The second-order valence-corrected chi connectivity index (χ2v) is 30.7. The van der Waals surface area contributed by atoms with Crippen molar-refractivity contribution in [2.45, 2.75) is 126 Å². The minimum Gasteiger partial charge on any atom is -0.441 e. The first-order valence-corrected chi connectivity index (χ1v) is 35.3. The number of hydrogen-bond donors (Lipinski definition) is 2. The van der Waals surface area contributed by atoms with Gasteiger partial charge in [0.1, 0.15) is 60.2 Å². The molecular formula is C62H70N12O9S6. The highest BCUT2D eigenvalue weighted by Gasteiger charge is 2.21. The Hall–Kier alpha value is -8.34. The van der Waals surface area contributed by atoms with E-state index >= 15 is 0 Å². The fraction of sp³-hybridized carbons (Fsp3) is 0.258. The molecule has 89 heavy (non-hydrogen) atoms. The minimum absolute atomic E-state index is 0. The Bertz CT molecular complexity index is 4110. The van der Waals surface area contributed by atoms with E-state index in [0.29, 0.717) is 52.9 Å². The van der Waals surface area contributed by atoms with E-state index in [9.17, 15) is 33.7 Å². The lowest BCUT2D eigenvalue weighted by Crippen LogP contribution is -2.06. The zero-order chi connectivity index (χ0) is 63.8. The number of benzene rings is 6. The predicted molar refractivity (Wildman–Crippen MR) is 348 cm³/mol. The van der Waals surface area contributed by atoms with Gasteiger partial charge in [-0.05, 0) is 135 Å². The quantitative estimate of drug-likeness (QED) is 0.115. The molecule has 12 rings (SSSR count). The van der Waals surface area contributed by atoms with Gasteiger partial charge in [-0.1, -0.05) is 109 Å². The Morgan fingerprint density at radius 3 is 1.12 bits per heavy atom. The van der Waals surface area contributed by atoms with Gasteiger partial charge in [0, 0.05) is 19.1 Å². The molecule has 6 aromatic carbocycles. The summed E-state index contributed by atoms with van der Waals surface area (Å²) in [5.41, 5.74) is 9.66. The van der Waals surface area contributed by atoms with Crippen LogP contribution in [0.3, 0.4) is 0 Å². The van der Waals surface area contributed by atoms with Gasteiger partial charge in [0.05, 0.1) is 25.3 Å². The number of H-pyrrole nitrogens is 2. The van der Waals surface area contributed by atoms with Crippen molar-refractivity contribution < 1.29 is 38.1 Å². The fourth-order valence-electron chi connectivity index (χ4n) is 7.96. The zero-order valence-corrected chi connectivity index (χ0v) is 54.9. The molecule has 468 valence electrons. The molecule has 21 nitrogen and oxygen atoms in total. The molecule has 0 spiro atoms. The lowest BCUT2D eigenvalue weighted by atomic mass is 10.1. The van der Waals surface area contributed by atoms with Crippen LogP contribution >= 0.6 is 22.7 Å². The van der Waals surface area contributed by atoms with E-state index in [-0.39, 0.29) is 30.4 Å². The summed E-state index contributed by atoms with van der Waals surface area (Å²) in [6, 6.07) is 43.2.